The van der Waals surface area contributed by atoms with Gasteiger partial charge >= 0.3 is 0 Å². The molecular weight excluding hydrogens is 408 g/mol. The van der Waals surface area contributed by atoms with Crippen molar-refractivity contribution in [1.82, 2.24) is 24.3 Å². The molecule has 1 fully saturated rings. The van der Waals surface area contributed by atoms with E-state index >= 15 is 0 Å². The van der Waals surface area contributed by atoms with Gasteiger partial charge in [0.2, 0.25) is 10.0 Å². The standard InChI is InChI=1S/C19H28N6O2S2/c1-20-19(21-8-13-29(26,27)24-9-11-28-12-10-24)23(2)15-17-14-22-25(16-17)18-6-4-3-5-7-18/h3-7,14,16H,8-13,15H2,1-2H3,(H,20,21). The van der Waals surface area contributed by atoms with Crippen LogP contribution in [0.4, 0.5) is 0 Å². The fraction of sp³-hybridized carbons (Fsp3) is 0.474. The molecule has 0 bridgehead atoms. The van der Waals surface area contributed by atoms with Crippen LogP contribution in [0.3, 0.4) is 0 Å². The molecule has 0 amide bonds. The summed E-state index contributed by atoms with van der Waals surface area (Å²) in [5.41, 5.74) is 2.04. The van der Waals surface area contributed by atoms with Gasteiger partial charge in [-0.3, -0.25) is 4.99 Å². The summed E-state index contributed by atoms with van der Waals surface area (Å²) in [5.74, 6) is 2.46. The first-order valence-electron chi connectivity index (χ1n) is 9.56. The molecule has 1 aliphatic heterocycles. The van der Waals surface area contributed by atoms with Gasteiger partial charge in [-0.15, -0.1) is 0 Å². The number of hydrogen-bond donors (Lipinski definition) is 1. The zero-order valence-corrected chi connectivity index (χ0v) is 18.5. The van der Waals surface area contributed by atoms with Crippen LogP contribution in [0.15, 0.2) is 47.7 Å². The van der Waals surface area contributed by atoms with Crippen LogP contribution in [0.1, 0.15) is 5.56 Å². The first kappa shape index (κ1) is 21.7. The summed E-state index contributed by atoms with van der Waals surface area (Å²) >= 11 is 1.80. The summed E-state index contributed by atoms with van der Waals surface area (Å²) < 4.78 is 28.4. The molecule has 0 saturated carbocycles. The fourth-order valence-corrected chi connectivity index (χ4v) is 5.63. The molecule has 0 atom stereocenters. The van der Waals surface area contributed by atoms with Gasteiger partial charge in [0.15, 0.2) is 5.96 Å². The lowest BCUT2D eigenvalue weighted by Crippen LogP contribution is -2.44. The van der Waals surface area contributed by atoms with E-state index in [0.29, 0.717) is 32.1 Å². The Balaban J connectivity index is 1.52. The number of aliphatic imine (C=N–C) groups is 1. The predicted molar refractivity (Wildman–Crippen MR) is 119 cm³/mol. The molecule has 0 aliphatic carbocycles. The molecule has 1 N–H and O–H groups in total. The van der Waals surface area contributed by atoms with E-state index in [1.807, 2.05) is 59.4 Å². The summed E-state index contributed by atoms with van der Waals surface area (Å²) in [5, 5.41) is 7.57. The molecule has 0 spiro atoms. The lowest BCUT2D eigenvalue weighted by Gasteiger charge is -2.26. The molecule has 1 aromatic carbocycles. The van der Waals surface area contributed by atoms with E-state index in [1.165, 1.54) is 0 Å². The van der Waals surface area contributed by atoms with Gasteiger partial charge in [0, 0.05) is 63.5 Å². The molecule has 1 aliphatic rings. The highest BCUT2D eigenvalue weighted by atomic mass is 32.2. The first-order valence-corrected chi connectivity index (χ1v) is 12.3. The Labute approximate surface area is 177 Å². The van der Waals surface area contributed by atoms with Crippen molar-refractivity contribution in [2.45, 2.75) is 6.54 Å². The quantitative estimate of drug-likeness (QED) is 0.520. The van der Waals surface area contributed by atoms with Crippen molar-refractivity contribution >= 4 is 27.7 Å². The van der Waals surface area contributed by atoms with Crippen LogP contribution < -0.4 is 5.32 Å². The SMILES string of the molecule is CN=C(NCCS(=O)(=O)N1CCSCC1)N(C)Cc1cnn(-c2ccccc2)c1. The normalized spacial score (nSPS) is 16.0. The molecule has 158 valence electrons. The second-order valence-electron chi connectivity index (χ2n) is 6.79. The predicted octanol–water partition coefficient (Wildman–Crippen LogP) is 1.26. The monoisotopic (exact) mass is 436 g/mol. The van der Waals surface area contributed by atoms with E-state index in [1.54, 1.807) is 23.1 Å². The zero-order chi connectivity index (χ0) is 20.7. The summed E-state index contributed by atoms with van der Waals surface area (Å²) in [6.45, 7) is 2.15. The van der Waals surface area contributed by atoms with Gasteiger partial charge in [0.1, 0.15) is 0 Å². The van der Waals surface area contributed by atoms with Gasteiger partial charge < -0.3 is 10.2 Å². The minimum absolute atomic E-state index is 0.0659. The number of thioether (sulfide) groups is 1. The Morgan fingerprint density at radius 3 is 2.69 bits per heavy atom. The minimum Gasteiger partial charge on any atom is -0.355 e. The van der Waals surface area contributed by atoms with Crippen molar-refractivity contribution in [2.75, 3.05) is 51.0 Å². The highest BCUT2D eigenvalue weighted by Gasteiger charge is 2.23. The molecule has 8 nitrogen and oxygen atoms in total. The number of nitrogens with one attached hydrogen (secondary N) is 1. The van der Waals surface area contributed by atoms with Crippen LogP contribution in [-0.4, -0.2) is 84.4 Å². The van der Waals surface area contributed by atoms with Crippen molar-refractivity contribution in [2.24, 2.45) is 4.99 Å². The fourth-order valence-electron chi connectivity index (χ4n) is 3.14. The molecular formula is C19H28N6O2S2. The Morgan fingerprint density at radius 1 is 1.28 bits per heavy atom. The van der Waals surface area contributed by atoms with Crippen molar-refractivity contribution in [3.8, 4) is 5.69 Å². The van der Waals surface area contributed by atoms with E-state index in [0.717, 1.165) is 22.8 Å². The number of guanidine groups is 1. The van der Waals surface area contributed by atoms with Crippen molar-refractivity contribution in [1.29, 1.82) is 0 Å². The highest BCUT2D eigenvalue weighted by molar-refractivity contribution is 7.99. The number of nitrogens with zero attached hydrogens (tertiary/aromatic N) is 5. The minimum atomic E-state index is -3.23. The van der Waals surface area contributed by atoms with Gasteiger partial charge in [0.25, 0.3) is 0 Å². The largest absolute Gasteiger partial charge is 0.355 e. The summed E-state index contributed by atoms with van der Waals surface area (Å²) in [6.07, 6.45) is 3.81. The average Bonchev–Trinajstić information content (AvgIpc) is 3.21. The van der Waals surface area contributed by atoms with E-state index in [2.05, 4.69) is 15.4 Å². The third-order valence-electron chi connectivity index (χ3n) is 4.66. The molecule has 2 heterocycles. The van der Waals surface area contributed by atoms with Gasteiger partial charge in [-0.25, -0.2) is 17.4 Å². The Hall–Kier alpha value is -2.04. The van der Waals surface area contributed by atoms with Crippen LogP contribution >= 0.6 is 11.8 Å². The summed E-state index contributed by atoms with van der Waals surface area (Å²) in [6, 6.07) is 9.93. The van der Waals surface area contributed by atoms with Gasteiger partial charge in [-0.05, 0) is 12.1 Å². The number of hydrogen-bond acceptors (Lipinski definition) is 5. The lowest BCUT2D eigenvalue weighted by atomic mass is 10.3. The molecule has 10 heteroatoms. The molecule has 1 aromatic heterocycles. The summed E-state index contributed by atoms with van der Waals surface area (Å²) in [7, 11) is 0.391. The van der Waals surface area contributed by atoms with E-state index in [9.17, 15) is 8.42 Å². The molecule has 1 saturated heterocycles. The van der Waals surface area contributed by atoms with Gasteiger partial charge in [-0.1, -0.05) is 18.2 Å². The smallest absolute Gasteiger partial charge is 0.215 e. The highest BCUT2D eigenvalue weighted by Crippen LogP contribution is 2.13. The maximum absolute atomic E-state index is 12.5. The second kappa shape index (κ2) is 10.1. The second-order valence-corrected chi connectivity index (χ2v) is 10.1. The van der Waals surface area contributed by atoms with E-state index in [-0.39, 0.29) is 5.75 Å². The maximum atomic E-state index is 12.5. The molecule has 0 unspecified atom stereocenters. The lowest BCUT2D eigenvalue weighted by molar-refractivity contribution is 0.442. The molecule has 2 aromatic rings. The van der Waals surface area contributed by atoms with Crippen molar-refractivity contribution < 1.29 is 8.42 Å². The van der Waals surface area contributed by atoms with Crippen molar-refractivity contribution in [3.05, 3.63) is 48.3 Å². The average molecular weight is 437 g/mol. The third kappa shape index (κ3) is 5.97. The van der Waals surface area contributed by atoms with Crippen LogP contribution in [0.2, 0.25) is 0 Å². The first-order chi connectivity index (χ1) is 14.0. The Kier molecular flexibility index (Phi) is 7.57. The van der Waals surface area contributed by atoms with Gasteiger partial charge in [0.05, 0.1) is 17.6 Å². The molecule has 3 rings (SSSR count). The van der Waals surface area contributed by atoms with E-state index in [4.69, 9.17) is 0 Å². The third-order valence-corrected chi connectivity index (χ3v) is 7.47. The number of aromatic nitrogens is 2. The molecule has 0 radical (unpaired) electrons. The Morgan fingerprint density at radius 2 is 2.00 bits per heavy atom. The zero-order valence-electron chi connectivity index (χ0n) is 16.9. The van der Waals surface area contributed by atoms with Crippen molar-refractivity contribution in [3.63, 3.8) is 0 Å². The maximum Gasteiger partial charge on any atom is 0.215 e. The topological polar surface area (TPSA) is 82.8 Å². The number of para-hydroxylation sites is 1. The Bertz CT molecular complexity index is 908. The van der Waals surface area contributed by atoms with Crippen LogP contribution in [0.25, 0.3) is 5.69 Å². The van der Waals surface area contributed by atoms with Gasteiger partial charge in [-0.2, -0.15) is 16.9 Å². The summed E-state index contributed by atoms with van der Waals surface area (Å²) in [4.78, 5) is 6.23. The number of rotatable bonds is 7. The number of sulfonamides is 1. The van der Waals surface area contributed by atoms with Crippen LogP contribution in [0.5, 0.6) is 0 Å². The molecule has 29 heavy (non-hydrogen) atoms. The van der Waals surface area contributed by atoms with Crippen LogP contribution in [-0.2, 0) is 16.6 Å². The van der Waals surface area contributed by atoms with E-state index < -0.39 is 10.0 Å². The number of benzene rings is 1. The van der Waals surface area contributed by atoms with Crippen LogP contribution in [0, 0.1) is 0 Å².